The normalized spacial score (nSPS) is 20.7. The van der Waals surface area contributed by atoms with Gasteiger partial charge in [-0.05, 0) is 37.3 Å². The van der Waals surface area contributed by atoms with E-state index in [0.717, 1.165) is 17.0 Å². The molecule has 0 N–H and O–H groups in total. The number of nitrogens with zero attached hydrogens (tertiary/aromatic N) is 1. The fraction of sp³-hybridized carbons (Fsp3) is 0.235. The molecule has 0 fully saturated rings. The molecule has 0 aliphatic carbocycles. The third-order valence-electron chi connectivity index (χ3n) is 3.98. The van der Waals surface area contributed by atoms with E-state index in [9.17, 15) is 18.0 Å². The molecule has 2 nitrogen and oxygen atoms in total. The van der Waals surface area contributed by atoms with Crippen molar-refractivity contribution in [3.05, 3.63) is 59.7 Å². The van der Waals surface area contributed by atoms with Crippen LogP contribution < -0.4 is 4.90 Å². The Hall–Kier alpha value is -1.95. The Labute approximate surface area is 136 Å². The number of thioether (sulfide) groups is 1. The SMILES string of the molecule is CN1C(=O)C(C)(Sc2ccccc2)c2cc(C(F)(F)F)ccc21. The summed E-state index contributed by atoms with van der Waals surface area (Å²) in [5.41, 5.74) is 0.182. The van der Waals surface area contributed by atoms with Gasteiger partial charge in [-0.25, -0.2) is 0 Å². The van der Waals surface area contributed by atoms with Gasteiger partial charge in [0.2, 0.25) is 5.91 Å². The van der Waals surface area contributed by atoms with Gasteiger partial charge in [-0.2, -0.15) is 13.2 Å². The first kappa shape index (κ1) is 15.9. The van der Waals surface area contributed by atoms with Crippen molar-refractivity contribution in [2.24, 2.45) is 0 Å². The molecule has 1 aliphatic rings. The molecule has 120 valence electrons. The second-order valence-electron chi connectivity index (χ2n) is 5.54. The van der Waals surface area contributed by atoms with E-state index >= 15 is 0 Å². The number of alkyl halides is 3. The van der Waals surface area contributed by atoms with Gasteiger partial charge in [0.25, 0.3) is 0 Å². The third kappa shape index (κ3) is 2.61. The highest BCUT2D eigenvalue weighted by Crippen LogP contribution is 2.51. The van der Waals surface area contributed by atoms with Crippen LogP contribution in [0.2, 0.25) is 0 Å². The van der Waals surface area contributed by atoms with Crippen molar-refractivity contribution < 1.29 is 18.0 Å². The van der Waals surface area contributed by atoms with Crippen molar-refractivity contribution in [3.63, 3.8) is 0 Å². The minimum Gasteiger partial charge on any atom is -0.314 e. The van der Waals surface area contributed by atoms with E-state index in [2.05, 4.69) is 0 Å². The van der Waals surface area contributed by atoms with E-state index in [1.807, 2.05) is 30.3 Å². The predicted octanol–water partition coefficient (Wildman–Crippen LogP) is 4.69. The van der Waals surface area contributed by atoms with E-state index in [1.54, 1.807) is 14.0 Å². The lowest BCUT2D eigenvalue weighted by atomic mass is 9.99. The fourth-order valence-electron chi connectivity index (χ4n) is 2.75. The molecule has 6 heteroatoms. The van der Waals surface area contributed by atoms with Gasteiger partial charge >= 0.3 is 6.18 Å². The summed E-state index contributed by atoms with van der Waals surface area (Å²) in [6, 6.07) is 12.7. The van der Waals surface area contributed by atoms with Crippen LogP contribution in [0.25, 0.3) is 0 Å². The molecule has 0 spiro atoms. The van der Waals surface area contributed by atoms with E-state index in [1.165, 1.54) is 22.7 Å². The molecule has 0 aromatic heterocycles. The second kappa shape index (κ2) is 5.30. The highest BCUT2D eigenvalue weighted by Gasteiger charge is 2.48. The van der Waals surface area contributed by atoms with Crippen LogP contribution in [-0.2, 0) is 15.7 Å². The summed E-state index contributed by atoms with van der Waals surface area (Å²) in [6.07, 6.45) is -4.43. The molecule has 0 saturated heterocycles. The number of likely N-dealkylation sites (N-methyl/N-ethyl adjacent to an activating group) is 1. The van der Waals surface area contributed by atoms with Crippen molar-refractivity contribution in [2.45, 2.75) is 22.7 Å². The van der Waals surface area contributed by atoms with Crippen molar-refractivity contribution in [2.75, 3.05) is 11.9 Å². The Bertz CT molecular complexity index is 760. The van der Waals surface area contributed by atoms with Crippen LogP contribution in [0.4, 0.5) is 18.9 Å². The van der Waals surface area contributed by atoms with E-state index in [-0.39, 0.29) is 5.91 Å². The zero-order valence-corrected chi connectivity index (χ0v) is 13.3. The van der Waals surface area contributed by atoms with E-state index in [4.69, 9.17) is 0 Å². The van der Waals surface area contributed by atoms with Gasteiger partial charge in [0.15, 0.2) is 0 Å². The molecule has 0 saturated carbocycles. The topological polar surface area (TPSA) is 20.3 Å². The van der Waals surface area contributed by atoms with Gasteiger partial charge in [-0.1, -0.05) is 18.2 Å². The molecule has 2 aromatic carbocycles. The number of hydrogen-bond acceptors (Lipinski definition) is 2. The molecule has 1 unspecified atom stereocenters. The van der Waals surface area contributed by atoms with Crippen molar-refractivity contribution >= 4 is 23.4 Å². The van der Waals surface area contributed by atoms with Gasteiger partial charge < -0.3 is 4.90 Å². The lowest BCUT2D eigenvalue weighted by molar-refractivity contribution is -0.137. The van der Waals surface area contributed by atoms with Crippen molar-refractivity contribution in [1.82, 2.24) is 0 Å². The summed E-state index contributed by atoms with van der Waals surface area (Å²) in [5.74, 6) is -0.222. The van der Waals surface area contributed by atoms with Crippen molar-refractivity contribution in [1.29, 1.82) is 0 Å². The molecule has 1 atom stereocenters. The van der Waals surface area contributed by atoms with Crippen LogP contribution in [0.3, 0.4) is 0 Å². The summed E-state index contributed by atoms with van der Waals surface area (Å²) >= 11 is 1.27. The largest absolute Gasteiger partial charge is 0.416 e. The lowest BCUT2D eigenvalue weighted by Gasteiger charge is -2.23. The first-order chi connectivity index (χ1) is 10.7. The number of amides is 1. The molecular weight excluding hydrogens is 323 g/mol. The van der Waals surface area contributed by atoms with Gasteiger partial charge in [0.05, 0.1) is 5.56 Å². The number of halogens is 3. The average molecular weight is 337 g/mol. The number of carbonyl (C=O) groups excluding carboxylic acids is 1. The monoisotopic (exact) mass is 337 g/mol. The number of rotatable bonds is 2. The molecule has 0 bridgehead atoms. The molecule has 23 heavy (non-hydrogen) atoms. The van der Waals surface area contributed by atoms with Crippen LogP contribution in [0, 0.1) is 0 Å². The van der Waals surface area contributed by atoms with Crippen LogP contribution >= 0.6 is 11.8 Å². The maximum absolute atomic E-state index is 13.0. The fourth-order valence-corrected chi connectivity index (χ4v) is 4.02. The standard InChI is InChI=1S/C17H14F3NOS/c1-16(23-12-6-4-3-5-7-12)13-10-11(17(18,19)20)8-9-14(13)21(2)15(16)22/h3-10H,1-2H3. The number of benzene rings is 2. The highest BCUT2D eigenvalue weighted by atomic mass is 32.2. The smallest absolute Gasteiger partial charge is 0.314 e. The zero-order valence-electron chi connectivity index (χ0n) is 12.5. The first-order valence-electron chi connectivity index (χ1n) is 6.97. The summed E-state index contributed by atoms with van der Waals surface area (Å²) in [6.45, 7) is 1.68. The number of hydrogen-bond donors (Lipinski definition) is 0. The zero-order chi connectivity index (χ0) is 16.8. The third-order valence-corrected chi connectivity index (χ3v) is 5.29. The molecule has 1 amide bonds. The maximum Gasteiger partial charge on any atom is 0.416 e. The van der Waals surface area contributed by atoms with Crippen LogP contribution in [0.5, 0.6) is 0 Å². The van der Waals surface area contributed by atoms with Crippen LogP contribution in [0.15, 0.2) is 53.4 Å². The molecule has 3 rings (SSSR count). The van der Waals surface area contributed by atoms with Gasteiger partial charge in [0.1, 0.15) is 4.75 Å². The minimum absolute atomic E-state index is 0.222. The van der Waals surface area contributed by atoms with Gasteiger partial charge in [0, 0.05) is 23.2 Å². The van der Waals surface area contributed by atoms with Gasteiger partial charge in [-0.15, -0.1) is 11.8 Å². The molecule has 1 aliphatic heterocycles. The number of fused-ring (bicyclic) bond motifs is 1. The molecule has 2 aromatic rings. The minimum atomic E-state index is -4.43. The van der Waals surface area contributed by atoms with Gasteiger partial charge in [-0.3, -0.25) is 4.79 Å². The van der Waals surface area contributed by atoms with E-state index in [0.29, 0.717) is 11.3 Å². The molecular formula is C17H14F3NOS. The number of carbonyl (C=O) groups is 1. The number of anilines is 1. The summed E-state index contributed by atoms with van der Waals surface area (Å²) in [4.78, 5) is 14.9. The Morgan fingerprint density at radius 2 is 1.74 bits per heavy atom. The Morgan fingerprint density at radius 3 is 2.35 bits per heavy atom. The van der Waals surface area contributed by atoms with Crippen LogP contribution in [0.1, 0.15) is 18.1 Å². The maximum atomic E-state index is 13.0. The Kier molecular flexibility index (Phi) is 3.67. The predicted molar refractivity (Wildman–Crippen MR) is 84.5 cm³/mol. The second-order valence-corrected chi connectivity index (χ2v) is 7.03. The van der Waals surface area contributed by atoms with E-state index < -0.39 is 16.5 Å². The molecule has 1 heterocycles. The van der Waals surface area contributed by atoms with Crippen LogP contribution in [-0.4, -0.2) is 13.0 Å². The highest BCUT2D eigenvalue weighted by molar-refractivity contribution is 8.01. The molecule has 0 radical (unpaired) electrons. The average Bonchev–Trinajstić information content (AvgIpc) is 2.69. The Balaban J connectivity index is 2.11. The summed E-state index contributed by atoms with van der Waals surface area (Å²) in [5, 5.41) is 0. The lowest BCUT2D eigenvalue weighted by Crippen LogP contribution is -2.33. The summed E-state index contributed by atoms with van der Waals surface area (Å²) < 4.78 is 38.0. The summed E-state index contributed by atoms with van der Waals surface area (Å²) in [7, 11) is 1.59. The first-order valence-corrected chi connectivity index (χ1v) is 7.79. The Morgan fingerprint density at radius 1 is 1.09 bits per heavy atom. The quantitative estimate of drug-likeness (QED) is 0.792. The van der Waals surface area contributed by atoms with Crippen molar-refractivity contribution in [3.8, 4) is 0 Å².